The highest BCUT2D eigenvalue weighted by Gasteiger charge is 2.40. The summed E-state index contributed by atoms with van der Waals surface area (Å²) in [6, 6.07) is -7.39. The highest BCUT2D eigenvalue weighted by atomic mass is 33.1. The molecular formula is C27H45N9O9S2. The summed E-state index contributed by atoms with van der Waals surface area (Å²) in [5.41, 5.74) is 16.8. The van der Waals surface area contributed by atoms with E-state index in [0.29, 0.717) is 12.8 Å². The van der Waals surface area contributed by atoms with Gasteiger partial charge < -0.3 is 53.6 Å². The summed E-state index contributed by atoms with van der Waals surface area (Å²) in [6.07, 6.45) is 0.487. The lowest BCUT2D eigenvalue weighted by Crippen LogP contribution is -2.60. The Morgan fingerprint density at radius 1 is 1.04 bits per heavy atom. The molecular weight excluding hydrogens is 658 g/mol. The van der Waals surface area contributed by atoms with E-state index in [2.05, 4.69) is 26.3 Å². The minimum absolute atomic E-state index is 0.0649. The molecule has 20 heteroatoms. The second-order valence-corrected chi connectivity index (χ2v) is 14.2. The van der Waals surface area contributed by atoms with E-state index in [1.165, 1.54) is 0 Å². The fourth-order valence-corrected chi connectivity index (χ4v) is 7.27. The largest absolute Gasteiger partial charge is 0.481 e. The molecule has 2 fully saturated rings. The number of aliphatic carboxylic acids is 2. The van der Waals surface area contributed by atoms with Crippen LogP contribution >= 0.6 is 21.6 Å². The molecule has 0 aromatic carbocycles. The minimum atomic E-state index is -1.59. The first-order valence-corrected chi connectivity index (χ1v) is 17.6. The number of nitrogens with two attached hydrogens (primary N) is 3. The van der Waals surface area contributed by atoms with Crippen molar-refractivity contribution >= 4 is 69.0 Å². The van der Waals surface area contributed by atoms with Gasteiger partial charge in [-0.1, -0.05) is 35.4 Å². The van der Waals surface area contributed by atoms with Gasteiger partial charge in [0.2, 0.25) is 29.5 Å². The first-order valence-electron chi connectivity index (χ1n) is 15.1. The van der Waals surface area contributed by atoms with Crippen LogP contribution in [0.5, 0.6) is 0 Å². The lowest BCUT2D eigenvalue weighted by Gasteiger charge is -2.30. The van der Waals surface area contributed by atoms with Crippen LogP contribution < -0.4 is 38.5 Å². The Morgan fingerprint density at radius 2 is 1.72 bits per heavy atom. The number of carbonyl (C=O) groups excluding carboxylic acids is 5. The summed E-state index contributed by atoms with van der Waals surface area (Å²) in [7, 11) is 2.04. The van der Waals surface area contributed by atoms with E-state index >= 15 is 0 Å². The van der Waals surface area contributed by atoms with Crippen LogP contribution in [0.4, 0.5) is 0 Å². The van der Waals surface area contributed by atoms with E-state index in [1.54, 1.807) is 0 Å². The highest BCUT2D eigenvalue weighted by Crippen LogP contribution is 2.25. The van der Waals surface area contributed by atoms with Crippen molar-refractivity contribution < 1.29 is 43.8 Å². The summed E-state index contributed by atoms with van der Waals surface area (Å²) < 4.78 is 0. The Bertz CT molecular complexity index is 1200. The van der Waals surface area contributed by atoms with Gasteiger partial charge in [-0.25, -0.2) is 4.79 Å². The number of carboxylic acids is 2. The van der Waals surface area contributed by atoms with E-state index in [1.807, 2.05) is 13.8 Å². The Morgan fingerprint density at radius 3 is 2.34 bits per heavy atom. The lowest BCUT2D eigenvalue weighted by atomic mass is 10.0. The highest BCUT2D eigenvalue weighted by molar-refractivity contribution is 8.76. The molecule has 6 atom stereocenters. The number of amides is 5. The number of aliphatic imine (C=N–C) groups is 1. The van der Waals surface area contributed by atoms with Crippen molar-refractivity contribution in [2.24, 2.45) is 28.1 Å². The molecule has 0 bridgehead atoms. The number of rotatable bonds is 13. The molecule has 0 aromatic rings. The summed E-state index contributed by atoms with van der Waals surface area (Å²) in [5, 5.41) is 29.2. The number of carbonyl (C=O) groups is 7. The summed E-state index contributed by atoms with van der Waals surface area (Å²) in [6.45, 7) is 4.00. The summed E-state index contributed by atoms with van der Waals surface area (Å²) >= 11 is 0. The number of fused-ring (bicyclic) bond motifs is 1. The van der Waals surface area contributed by atoms with E-state index in [-0.39, 0.29) is 55.7 Å². The molecule has 2 aliphatic heterocycles. The topological polar surface area (TPSA) is 302 Å². The van der Waals surface area contributed by atoms with Crippen molar-refractivity contribution in [1.82, 2.24) is 26.2 Å². The van der Waals surface area contributed by atoms with Gasteiger partial charge in [0.15, 0.2) is 5.96 Å². The van der Waals surface area contributed by atoms with Gasteiger partial charge >= 0.3 is 11.9 Å². The number of hydrogen-bond donors (Lipinski definition) is 9. The zero-order valence-electron chi connectivity index (χ0n) is 26.3. The van der Waals surface area contributed by atoms with Crippen LogP contribution in [0.1, 0.15) is 52.4 Å². The molecule has 2 aliphatic rings. The molecule has 2 rings (SSSR count). The molecule has 0 saturated carbocycles. The Hall–Kier alpha value is -3.78. The van der Waals surface area contributed by atoms with E-state index in [9.17, 15) is 43.8 Å². The number of guanidine groups is 1. The molecule has 2 heterocycles. The van der Waals surface area contributed by atoms with Gasteiger partial charge in [0.25, 0.3) is 0 Å². The molecule has 47 heavy (non-hydrogen) atoms. The van der Waals surface area contributed by atoms with Gasteiger partial charge in [0, 0.05) is 24.6 Å². The van der Waals surface area contributed by atoms with Gasteiger partial charge in [-0.2, -0.15) is 0 Å². The van der Waals surface area contributed by atoms with Gasteiger partial charge in [0.1, 0.15) is 30.2 Å². The smallest absolute Gasteiger partial charge is 0.327 e. The lowest BCUT2D eigenvalue weighted by molar-refractivity contribution is -0.147. The maximum atomic E-state index is 13.6. The van der Waals surface area contributed by atoms with Crippen LogP contribution in [0.2, 0.25) is 0 Å². The zero-order valence-corrected chi connectivity index (χ0v) is 27.9. The zero-order chi connectivity index (χ0) is 35.3. The summed E-state index contributed by atoms with van der Waals surface area (Å²) in [5.74, 6) is -6.79. The molecule has 0 spiro atoms. The average molecular weight is 704 g/mol. The minimum Gasteiger partial charge on any atom is -0.481 e. The fraction of sp³-hybridized carbons (Fsp3) is 0.704. The molecule has 0 aliphatic carbocycles. The number of nitrogens with zero attached hydrogens (tertiary/aromatic N) is 2. The van der Waals surface area contributed by atoms with Gasteiger partial charge in [0.05, 0.1) is 12.5 Å². The Balaban J connectivity index is 2.36. The second-order valence-electron chi connectivity index (χ2n) is 11.6. The SMILES string of the molecule is CC(C)C[C@H](N)C(=O)N[C@@H](CCCN=C(N)N)C(=O)N[C@H]1CSSC[C@@H](C(=O)O)NC(=O)[C@@H]2CCCN2C(=O)[C@H](CC(=O)O)NC1=O. The van der Waals surface area contributed by atoms with Gasteiger partial charge in [-0.05, 0) is 38.0 Å². The third-order valence-corrected chi connectivity index (χ3v) is 9.69. The van der Waals surface area contributed by atoms with Crippen molar-refractivity contribution in [2.45, 2.75) is 88.6 Å². The van der Waals surface area contributed by atoms with Crippen molar-refractivity contribution in [1.29, 1.82) is 0 Å². The fourth-order valence-electron chi connectivity index (χ4n) is 4.95. The third-order valence-electron chi connectivity index (χ3n) is 7.27. The van der Waals surface area contributed by atoms with Crippen LogP contribution in [0.3, 0.4) is 0 Å². The normalized spacial score (nSPS) is 23.7. The van der Waals surface area contributed by atoms with Crippen molar-refractivity contribution in [2.75, 3.05) is 24.6 Å². The molecule has 0 radical (unpaired) electrons. The maximum absolute atomic E-state index is 13.6. The average Bonchev–Trinajstić information content (AvgIpc) is 3.47. The van der Waals surface area contributed by atoms with Crippen LogP contribution in [0, 0.1) is 5.92 Å². The summed E-state index contributed by atoms with van der Waals surface area (Å²) in [4.78, 5) is 95.0. The first kappa shape index (κ1) is 39.4. The van der Waals surface area contributed by atoms with Crippen LogP contribution in [0.15, 0.2) is 4.99 Å². The predicted molar refractivity (Wildman–Crippen MR) is 175 cm³/mol. The van der Waals surface area contributed by atoms with Gasteiger partial charge in [-0.3, -0.25) is 33.8 Å². The monoisotopic (exact) mass is 703 g/mol. The van der Waals surface area contributed by atoms with Crippen molar-refractivity contribution in [3.63, 3.8) is 0 Å². The Kier molecular flexibility index (Phi) is 16.0. The third kappa shape index (κ3) is 13.1. The quantitative estimate of drug-likeness (QED) is 0.0408. The molecule has 5 amide bonds. The molecule has 0 aromatic heterocycles. The molecule has 2 saturated heterocycles. The molecule has 264 valence electrons. The van der Waals surface area contributed by atoms with Crippen molar-refractivity contribution in [3.05, 3.63) is 0 Å². The van der Waals surface area contributed by atoms with E-state index in [0.717, 1.165) is 26.5 Å². The number of carboxylic acid groups (broad SMARTS) is 2. The second kappa shape index (κ2) is 19.1. The molecule has 18 nitrogen and oxygen atoms in total. The van der Waals surface area contributed by atoms with Crippen molar-refractivity contribution in [3.8, 4) is 0 Å². The maximum Gasteiger partial charge on any atom is 0.327 e. The van der Waals surface area contributed by atoms with E-state index < -0.39 is 84.1 Å². The van der Waals surface area contributed by atoms with Gasteiger partial charge in [-0.15, -0.1) is 0 Å². The number of hydrogen-bond acceptors (Lipinski definition) is 11. The first-order chi connectivity index (χ1) is 22.1. The Labute approximate surface area is 279 Å². The number of nitrogens with one attached hydrogen (secondary N) is 4. The standard InChI is InChI=1S/C27H45N9O9S2/c1-13(2)9-14(28)21(39)32-15(5-3-7-31-27(29)30)22(40)34-17-11-46-47-12-18(26(44)45)35-24(42)19-6-4-8-36(19)25(43)16(10-20(37)38)33-23(17)41/h13-19H,3-12,28H2,1-2H3,(H,32,39)(H,33,41)(H,34,40)(H,35,42)(H,37,38)(H,44,45)(H4,29,30,31)/t14-,15-,16-,17-,18-,19-/m0/s1. The van der Waals surface area contributed by atoms with Crippen LogP contribution in [0.25, 0.3) is 0 Å². The van der Waals surface area contributed by atoms with E-state index in [4.69, 9.17) is 17.2 Å². The van der Waals surface area contributed by atoms with Crippen LogP contribution in [-0.4, -0.2) is 123 Å². The molecule has 12 N–H and O–H groups in total. The van der Waals surface area contributed by atoms with Crippen LogP contribution in [-0.2, 0) is 33.6 Å². The molecule has 0 unspecified atom stereocenters. The predicted octanol–water partition coefficient (Wildman–Crippen LogP) is -2.70.